The van der Waals surface area contributed by atoms with Crippen LogP contribution >= 0.6 is 0 Å². The molecule has 0 aliphatic carbocycles. The average molecular weight is 206 g/mol. The van der Waals surface area contributed by atoms with Crippen LogP contribution in [0.25, 0.3) is 0 Å². The third kappa shape index (κ3) is 1.76. The quantitative estimate of drug-likeness (QED) is 0.447. The van der Waals surface area contributed by atoms with Crippen LogP contribution in [0.4, 0.5) is 5.69 Å². The fourth-order valence-corrected chi connectivity index (χ4v) is 1.16. The number of hydrogen-bond acceptors (Lipinski definition) is 5. The van der Waals surface area contributed by atoms with Gasteiger partial charge in [0, 0.05) is 0 Å². The number of carbonyl (C=O) groups excluding carboxylic acids is 1. The van der Waals surface area contributed by atoms with E-state index in [-0.39, 0.29) is 5.56 Å². The molecule has 0 aromatic heterocycles. The maximum atomic E-state index is 11.1. The molecule has 1 aromatic carbocycles. The molecular weight excluding hydrogens is 200 g/mol. The van der Waals surface area contributed by atoms with Gasteiger partial charge >= 0.3 is 5.69 Å². The van der Waals surface area contributed by atoms with Gasteiger partial charge in [-0.25, -0.2) is 0 Å². The minimum atomic E-state index is -0.852. The summed E-state index contributed by atoms with van der Waals surface area (Å²) in [5, 5.41) is 28.5. The van der Waals surface area contributed by atoms with E-state index in [1.807, 2.05) is 0 Å². The fraction of sp³-hybridized carbons (Fsp3) is 0.111. The van der Waals surface area contributed by atoms with E-state index in [0.29, 0.717) is 0 Å². The van der Waals surface area contributed by atoms with Crippen LogP contribution in [-0.2, 0) is 0 Å². The number of nitro benzene ring substituents is 1. The number of Topliss-reactive ketones (excluding diaryl/α,β-unsaturated/α-hetero) is 1. The molecule has 1 N–H and O–H groups in total. The molecule has 0 unspecified atom stereocenters. The van der Waals surface area contributed by atoms with E-state index in [4.69, 9.17) is 5.26 Å². The van der Waals surface area contributed by atoms with E-state index in [9.17, 15) is 20.0 Å². The van der Waals surface area contributed by atoms with Crippen LogP contribution in [-0.4, -0.2) is 15.8 Å². The Hall–Kier alpha value is -2.42. The van der Waals surface area contributed by atoms with Gasteiger partial charge in [0.1, 0.15) is 11.8 Å². The van der Waals surface area contributed by atoms with Gasteiger partial charge in [-0.15, -0.1) is 0 Å². The lowest BCUT2D eigenvalue weighted by molar-refractivity contribution is -0.385. The van der Waals surface area contributed by atoms with Crippen LogP contribution in [0.5, 0.6) is 5.75 Å². The third-order valence-corrected chi connectivity index (χ3v) is 1.83. The Morgan fingerprint density at radius 2 is 2.20 bits per heavy atom. The lowest BCUT2D eigenvalue weighted by atomic mass is 10.0. The van der Waals surface area contributed by atoms with E-state index in [1.54, 1.807) is 0 Å². The largest absolute Gasteiger partial charge is 0.506 e. The molecule has 76 valence electrons. The Morgan fingerprint density at radius 3 is 2.60 bits per heavy atom. The predicted octanol–water partition coefficient (Wildman–Crippen LogP) is 1.37. The second-order valence-electron chi connectivity index (χ2n) is 2.78. The van der Waals surface area contributed by atoms with Crippen molar-refractivity contribution in [3.05, 3.63) is 33.4 Å². The van der Waals surface area contributed by atoms with Crippen molar-refractivity contribution in [3.8, 4) is 11.8 Å². The van der Waals surface area contributed by atoms with Crippen molar-refractivity contribution >= 4 is 11.5 Å². The van der Waals surface area contributed by atoms with Crippen LogP contribution in [0, 0.1) is 21.4 Å². The van der Waals surface area contributed by atoms with Gasteiger partial charge in [-0.3, -0.25) is 14.9 Å². The Bertz CT molecular complexity index is 488. The van der Waals surface area contributed by atoms with Crippen molar-refractivity contribution in [3.63, 3.8) is 0 Å². The van der Waals surface area contributed by atoms with Crippen LogP contribution in [0.2, 0.25) is 0 Å². The van der Waals surface area contributed by atoms with Crippen molar-refractivity contribution < 1.29 is 14.8 Å². The van der Waals surface area contributed by atoms with Gasteiger partial charge in [-0.1, -0.05) is 0 Å². The summed E-state index contributed by atoms with van der Waals surface area (Å²) in [6.07, 6.45) is 0. The maximum Gasteiger partial charge on any atom is 0.301 e. The molecule has 0 aliphatic rings. The van der Waals surface area contributed by atoms with E-state index in [1.165, 1.54) is 6.07 Å². The number of nitro groups is 1. The molecule has 0 aliphatic heterocycles. The van der Waals surface area contributed by atoms with Crippen LogP contribution in [0.3, 0.4) is 0 Å². The average Bonchev–Trinajstić information content (AvgIpc) is 2.16. The smallest absolute Gasteiger partial charge is 0.301 e. The van der Waals surface area contributed by atoms with Crippen LogP contribution in [0.15, 0.2) is 12.1 Å². The summed E-state index contributed by atoms with van der Waals surface area (Å²) in [5.41, 5.74) is -1.33. The molecule has 0 saturated heterocycles. The molecule has 0 amide bonds. The number of nitriles is 1. The summed E-state index contributed by atoms with van der Waals surface area (Å²) in [6, 6.07) is 3.70. The standard InChI is InChI=1S/C9H6N2O4/c1-5(12)6-2-3-8(13)7(4-10)9(6)11(14)15/h2-3,13H,1H3. The lowest BCUT2D eigenvalue weighted by Crippen LogP contribution is -2.02. The minimum Gasteiger partial charge on any atom is -0.506 e. The number of phenolic OH excluding ortho intramolecular Hbond substituents is 1. The summed E-state index contributed by atoms with van der Waals surface area (Å²) in [5.74, 6) is -1.03. The van der Waals surface area contributed by atoms with Gasteiger partial charge in [0.05, 0.1) is 10.5 Å². The van der Waals surface area contributed by atoms with Crippen molar-refractivity contribution in [1.82, 2.24) is 0 Å². The number of phenols is 1. The van der Waals surface area contributed by atoms with Gasteiger partial charge in [-0.2, -0.15) is 5.26 Å². The van der Waals surface area contributed by atoms with E-state index >= 15 is 0 Å². The molecule has 0 radical (unpaired) electrons. The molecule has 0 saturated carbocycles. The summed E-state index contributed by atoms with van der Waals surface area (Å²) < 4.78 is 0. The second-order valence-corrected chi connectivity index (χ2v) is 2.78. The van der Waals surface area contributed by atoms with E-state index in [2.05, 4.69) is 0 Å². The Morgan fingerprint density at radius 1 is 1.60 bits per heavy atom. The summed E-state index contributed by atoms with van der Waals surface area (Å²) in [7, 11) is 0. The zero-order chi connectivity index (χ0) is 11.6. The first-order valence-electron chi connectivity index (χ1n) is 3.90. The van der Waals surface area contributed by atoms with Gasteiger partial charge in [-0.05, 0) is 19.1 Å². The van der Waals surface area contributed by atoms with Crippen LogP contribution < -0.4 is 0 Å². The Balaban J connectivity index is 3.66. The summed E-state index contributed by atoms with van der Waals surface area (Å²) in [6.45, 7) is 1.15. The molecule has 0 atom stereocenters. The molecule has 1 aromatic rings. The fourth-order valence-electron chi connectivity index (χ4n) is 1.16. The Kier molecular flexibility index (Phi) is 2.67. The highest BCUT2D eigenvalue weighted by atomic mass is 16.6. The van der Waals surface area contributed by atoms with Gasteiger partial charge < -0.3 is 5.11 Å². The summed E-state index contributed by atoms with van der Waals surface area (Å²) >= 11 is 0. The SMILES string of the molecule is CC(=O)c1ccc(O)c(C#N)c1[N+](=O)[O-]. The van der Waals surface area contributed by atoms with Crippen molar-refractivity contribution in [2.45, 2.75) is 6.92 Å². The van der Waals surface area contributed by atoms with Crippen molar-refractivity contribution in [2.24, 2.45) is 0 Å². The summed E-state index contributed by atoms with van der Waals surface area (Å²) in [4.78, 5) is 20.9. The van der Waals surface area contributed by atoms with Gasteiger partial charge in [0.15, 0.2) is 11.3 Å². The lowest BCUT2D eigenvalue weighted by Gasteiger charge is -2.01. The highest BCUT2D eigenvalue weighted by Crippen LogP contribution is 2.30. The zero-order valence-corrected chi connectivity index (χ0v) is 7.72. The van der Waals surface area contributed by atoms with Crippen molar-refractivity contribution in [2.75, 3.05) is 0 Å². The van der Waals surface area contributed by atoms with Crippen LogP contribution in [0.1, 0.15) is 22.8 Å². The molecule has 15 heavy (non-hydrogen) atoms. The normalized spacial score (nSPS) is 9.33. The first-order chi connectivity index (χ1) is 6.99. The molecular formula is C9H6N2O4. The molecule has 0 fully saturated rings. The topological polar surface area (TPSA) is 104 Å². The number of ketones is 1. The Labute approximate surface area is 84.5 Å². The number of hydrogen-bond donors (Lipinski definition) is 1. The molecule has 6 heteroatoms. The van der Waals surface area contributed by atoms with Crippen molar-refractivity contribution in [1.29, 1.82) is 5.26 Å². The van der Waals surface area contributed by atoms with Gasteiger partial charge in [0.2, 0.25) is 0 Å². The predicted molar refractivity (Wildman–Crippen MR) is 49.5 cm³/mol. The number of rotatable bonds is 2. The number of benzene rings is 1. The number of carbonyl (C=O) groups is 1. The zero-order valence-electron chi connectivity index (χ0n) is 7.72. The molecule has 6 nitrogen and oxygen atoms in total. The van der Waals surface area contributed by atoms with Gasteiger partial charge in [0.25, 0.3) is 0 Å². The van der Waals surface area contributed by atoms with E-state index < -0.39 is 27.7 Å². The monoisotopic (exact) mass is 206 g/mol. The first kappa shape index (κ1) is 10.7. The third-order valence-electron chi connectivity index (χ3n) is 1.83. The molecule has 0 spiro atoms. The highest BCUT2D eigenvalue weighted by molar-refractivity contribution is 5.99. The first-order valence-corrected chi connectivity index (χ1v) is 3.90. The molecule has 1 rings (SSSR count). The molecule has 0 heterocycles. The minimum absolute atomic E-state index is 0.186. The number of nitrogens with zero attached hydrogens (tertiary/aromatic N) is 2. The highest BCUT2D eigenvalue weighted by Gasteiger charge is 2.25. The maximum absolute atomic E-state index is 11.1. The second kappa shape index (κ2) is 3.75. The molecule has 0 bridgehead atoms. The number of aromatic hydroxyl groups is 1. The van der Waals surface area contributed by atoms with E-state index in [0.717, 1.165) is 19.1 Å².